The molecule has 5 atom stereocenters. The van der Waals surface area contributed by atoms with E-state index in [0.29, 0.717) is 31.9 Å². The highest BCUT2D eigenvalue weighted by Crippen LogP contribution is 2.46. The van der Waals surface area contributed by atoms with Crippen LogP contribution in [0.1, 0.15) is 16.1 Å². The number of nitrogens with zero attached hydrogens (tertiary/aromatic N) is 7. The molecular formula is C29H27ClF3N11O3. The largest absolute Gasteiger partial charge is 0.435 e. The SMILES string of the molecule is N#CCn1cc(-c2cnc3c(Nc4ccc(C(=O)NC5[C@H]6CN(C(=O)N[C@@H]7CNC[C@H]7O)C[C@@H]56)c(Cl)c4)nccn23)c(C(F)(F)F)n1. The molecule has 1 unspecified atom stereocenters. The maximum absolute atomic E-state index is 13.8. The van der Waals surface area contributed by atoms with E-state index >= 15 is 0 Å². The number of carbonyl (C=O) groups is 2. The lowest BCUT2D eigenvalue weighted by molar-refractivity contribution is -0.141. The fraction of sp³-hybridized carbons (Fsp3) is 0.379. The Morgan fingerprint density at radius 3 is 2.64 bits per heavy atom. The second kappa shape index (κ2) is 11.7. The van der Waals surface area contributed by atoms with Gasteiger partial charge in [-0.05, 0) is 18.2 Å². The highest BCUT2D eigenvalue weighted by molar-refractivity contribution is 6.34. The summed E-state index contributed by atoms with van der Waals surface area (Å²) in [5.74, 6) is 0.139. The number of fused-ring (bicyclic) bond motifs is 2. The van der Waals surface area contributed by atoms with Crippen LogP contribution in [0.4, 0.5) is 29.5 Å². The number of hydrogen-bond donors (Lipinski definition) is 5. The van der Waals surface area contributed by atoms with E-state index in [-0.39, 0.29) is 75.7 Å². The summed E-state index contributed by atoms with van der Waals surface area (Å²) < 4.78 is 43.6. The minimum Gasteiger partial charge on any atom is -0.390 e. The molecule has 47 heavy (non-hydrogen) atoms. The average molecular weight is 670 g/mol. The molecule has 3 amide bonds. The Morgan fingerprint density at radius 2 is 1.96 bits per heavy atom. The number of anilines is 2. The molecule has 7 rings (SSSR count). The minimum absolute atomic E-state index is 0.0829. The number of likely N-dealkylation sites (tertiary alicyclic amines) is 1. The number of alkyl halides is 3. The number of nitrogens with one attached hydrogen (secondary N) is 4. The molecule has 14 nitrogen and oxygen atoms in total. The van der Waals surface area contributed by atoms with E-state index in [0.717, 1.165) is 10.9 Å². The Kier molecular flexibility index (Phi) is 7.65. The van der Waals surface area contributed by atoms with E-state index in [1.165, 1.54) is 29.1 Å². The molecule has 18 heteroatoms. The van der Waals surface area contributed by atoms with Crippen molar-refractivity contribution in [2.24, 2.45) is 11.8 Å². The van der Waals surface area contributed by atoms with Gasteiger partial charge in [-0.2, -0.15) is 23.5 Å². The first kappa shape index (κ1) is 30.7. The van der Waals surface area contributed by atoms with Crippen molar-refractivity contribution < 1.29 is 27.9 Å². The van der Waals surface area contributed by atoms with Gasteiger partial charge in [0.2, 0.25) is 0 Å². The molecule has 3 aromatic heterocycles. The third-order valence-electron chi connectivity index (χ3n) is 8.71. The first-order chi connectivity index (χ1) is 22.5. The topological polar surface area (TPSA) is 178 Å². The second-order valence-corrected chi connectivity index (χ2v) is 12.1. The summed E-state index contributed by atoms with van der Waals surface area (Å²) in [5.41, 5.74) is -0.346. The summed E-state index contributed by atoms with van der Waals surface area (Å²) in [5, 5.41) is 34.5. The number of aromatic nitrogens is 5. The number of carbonyl (C=O) groups excluding carboxylic acids is 2. The predicted molar refractivity (Wildman–Crippen MR) is 161 cm³/mol. The number of benzene rings is 1. The number of nitriles is 1. The van der Waals surface area contributed by atoms with Crippen LogP contribution >= 0.6 is 11.6 Å². The fourth-order valence-electron chi connectivity index (χ4n) is 6.29. The molecule has 1 aliphatic carbocycles. The molecule has 244 valence electrons. The van der Waals surface area contributed by atoms with Crippen LogP contribution in [0.5, 0.6) is 0 Å². The normalized spacial score (nSPS) is 23.4. The summed E-state index contributed by atoms with van der Waals surface area (Å²) >= 11 is 6.50. The monoisotopic (exact) mass is 669 g/mol. The summed E-state index contributed by atoms with van der Waals surface area (Å²) in [4.78, 5) is 35.9. The lowest BCUT2D eigenvalue weighted by Crippen LogP contribution is -2.49. The second-order valence-electron chi connectivity index (χ2n) is 11.7. The zero-order valence-electron chi connectivity index (χ0n) is 24.4. The van der Waals surface area contributed by atoms with Gasteiger partial charge in [-0.15, -0.1) is 0 Å². The number of rotatable bonds is 7. The van der Waals surface area contributed by atoms with E-state index in [9.17, 15) is 27.9 Å². The number of aliphatic hydroxyl groups is 1. The van der Waals surface area contributed by atoms with Crippen molar-refractivity contribution in [1.82, 2.24) is 45.0 Å². The number of β-amino-alcohol motifs (C(OH)–C–C–N with tert-alkyl or cyclic N) is 1. The molecule has 5 N–H and O–H groups in total. The number of halogens is 4. The highest BCUT2D eigenvalue weighted by atomic mass is 35.5. The molecule has 3 fully saturated rings. The van der Waals surface area contributed by atoms with Gasteiger partial charge in [0.05, 0.1) is 46.3 Å². The third kappa shape index (κ3) is 5.79. The van der Waals surface area contributed by atoms with Gasteiger partial charge in [-0.3, -0.25) is 13.9 Å². The van der Waals surface area contributed by atoms with Gasteiger partial charge < -0.3 is 31.3 Å². The van der Waals surface area contributed by atoms with Gasteiger partial charge in [-0.25, -0.2) is 14.8 Å². The van der Waals surface area contributed by atoms with E-state index < -0.39 is 18.0 Å². The number of urea groups is 1. The van der Waals surface area contributed by atoms with Crippen LogP contribution in [0, 0.1) is 23.2 Å². The third-order valence-corrected chi connectivity index (χ3v) is 9.03. The van der Waals surface area contributed by atoms with Crippen molar-refractivity contribution in [3.05, 3.63) is 59.3 Å². The lowest BCUT2D eigenvalue weighted by atomic mass is 10.2. The van der Waals surface area contributed by atoms with E-state index in [1.807, 2.05) is 0 Å². The molecule has 5 heterocycles. The smallest absolute Gasteiger partial charge is 0.390 e. The van der Waals surface area contributed by atoms with Crippen LogP contribution in [0.2, 0.25) is 5.02 Å². The van der Waals surface area contributed by atoms with Crippen molar-refractivity contribution in [1.29, 1.82) is 5.26 Å². The number of piperidine rings is 1. The van der Waals surface area contributed by atoms with E-state index in [2.05, 4.69) is 36.3 Å². The number of imidazole rings is 1. The average Bonchev–Trinajstić information content (AvgIpc) is 3.60. The van der Waals surface area contributed by atoms with Crippen LogP contribution in [0.25, 0.3) is 16.9 Å². The Hall–Kier alpha value is -4.92. The van der Waals surface area contributed by atoms with Crippen LogP contribution in [0.3, 0.4) is 0 Å². The molecule has 1 saturated carbocycles. The first-order valence-electron chi connectivity index (χ1n) is 14.7. The molecule has 0 bridgehead atoms. The van der Waals surface area contributed by atoms with Crippen molar-refractivity contribution in [2.75, 3.05) is 31.5 Å². The fourth-order valence-corrected chi connectivity index (χ4v) is 6.56. The van der Waals surface area contributed by atoms with Gasteiger partial charge >= 0.3 is 12.2 Å². The quantitative estimate of drug-likeness (QED) is 0.197. The Balaban J connectivity index is 1.01. The van der Waals surface area contributed by atoms with Crippen LogP contribution in [-0.2, 0) is 12.7 Å². The molecule has 1 aromatic carbocycles. The summed E-state index contributed by atoms with van der Waals surface area (Å²) in [6, 6.07) is 5.85. The highest BCUT2D eigenvalue weighted by Gasteiger charge is 2.57. The predicted octanol–water partition coefficient (Wildman–Crippen LogP) is 2.23. The van der Waals surface area contributed by atoms with Gasteiger partial charge in [0, 0.05) is 68.3 Å². The molecule has 0 radical (unpaired) electrons. The summed E-state index contributed by atoms with van der Waals surface area (Å²) in [7, 11) is 0. The molecule has 2 saturated heterocycles. The molecular weight excluding hydrogens is 643 g/mol. The molecule has 2 aliphatic heterocycles. The minimum atomic E-state index is -4.76. The first-order valence-corrected chi connectivity index (χ1v) is 15.1. The lowest BCUT2D eigenvalue weighted by Gasteiger charge is -2.24. The van der Waals surface area contributed by atoms with Gasteiger partial charge in [0.1, 0.15) is 6.54 Å². The molecule has 3 aliphatic rings. The maximum Gasteiger partial charge on any atom is 0.435 e. The van der Waals surface area contributed by atoms with Crippen LogP contribution in [-0.4, -0.2) is 90.5 Å². The van der Waals surface area contributed by atoms with Crippen molar-refractivity contribution in [2.45, 2.75) is 30.9 Å². The Bertz CT molecular complexity index is 1910. The maximum atomic E-state index is 13.8. The summed E-state index contributed by atoms with van der Waals surface area (Å²) in [6.07, 6.45) is -0.111. The zero-order valence-corrected chi connectivity index (χ0v) is 25.1. The van der Waals surface area contributed by atoms with Crippen molar-refractivity contribution in [3.8, 4) is 17.3 Å². The van der Waals surface area contributed by atoms with Crippen LogP contribution in [0.15, 0.2) is 43.0 Å². The Morgan fingerprint density at radius 1 is 1.17 bits per heavy atom. The number of aliphatic hydroxyl groups excluding tert-OH is 1. The molecule has 0 spiro atoms. The van der Waals surface area contributed by atoms with E-state index in [4.69, 9.17) is 16.9 Å². The van der Waals surface area contributed by atoms with Crippen LogP contribution < -0.4 is 21.3 Å². The van der Waals surface area contributed by atoms with Gasteiger partial charge in [0.25, 0.3) is 5.91 Å². The van der Waals surface area contributed by atoms with Gasteiger partial charge in [0.15, 0.2) is 17.2 Å². The molecule has 4 aromatic rings. The Labute approximate surface area is 269 Å². The standard InChI is InChI=1S/C29H27ClF3N11O3/c30-19-7-14(1-2-15(19)27(46)40-23-16-11-42(12-17(16)23)28(47)39-20-8-35-10-22(20)45)38-25-26-37-9-21(44(26)6-4-36-25)18-13-43(5-3-34)41-24(18)29(31,32)33/h1-2,4,6-7,9,13,16-17,20,22-23,35,45H,5,8,10-12H2,(H,36,38)(H,39,47)(H,40,46)/t16-,17+,20-,22-,23?/m1/s1. The number of amides is 3. The van der Waals surface area contributed by atoms with Crippen molar-refractivity contribution >= 4 is 40.7 Å². The zero-order chi connectivity index (χ0) is 33.0. The summed E-state index contributed by atoms with van der Waals surface area (Å²) in [6.45, 7) is 1.61. The van der Waals surface area contributed by atoms with Crippen molar-refractivity contribution in [3.63, 3.8) is 0 Å². The van der Waals surface area contributed by atoms with E-state index in [1.54, 1.807) is 23.1 Å². The van der Waals surface area contributed by atoms with Gasteiger partial charge in [-0.1, -0.05) is 11.6 Å². The number of hydrogen-bond acceptors (Lipinski definition) is 9.